The van der Waals surface area contributed by atoms with Crippen molar-refractivity contribution in [2.75, 3.05) is 13.1 Å². The molecule has 1 aliphatic heterocycles. The maximum absolute atomic E-state index is 14.9. The molecule has 0 bridgehead atoms. The van der Waals surface area contributed by atoms with Crippen LogP contribution in [0.4, 0.5) is 4.39 Å². The zero-order valence-electron chi connectivity index (χ0n) is 14.4. The van der Waals surface area contributed by atoms with E-state index in [0.717, 1.165) is 6.07 Å². The third kappa shape index (κ3) is 2.95. The second kappa shape index (κ2) is 6.85. The molecule has 5 nitrogen and oxygen atoms in total. The lowest BCUT2D eigenvalue weighted by molar-refractivity contribution is -0.124. The number of H-pyrrole nitrogens is 1. The second-order valence-corrected chi connectivity index (χ2v) is 6.46. The van der Waals surface area contributed by atoms with Gasteiger partial charge in [-0.2, -0.15) is 0 Å². The monoisotopic (exact) mass is 373 g/mol. The van der Waals surface area contributed by atoms with E-state index in [1.54, 1.807) is 18.7 Å². The molecule has 0 atom stereocenters. The van der Waals surface area contributed by atoms with Gasteiger partial charge in [0.25, 0.3) is 11.8 Å². The van der Waals surface area contributed by atoms with Gasteiger partial charge in [0.1, 0.15) is 5.82 Å². The van der Waals surface area contributed by atoms with Crippen LogP contribution in [0.15, 0.2) is 12.1 Å². The van der Waals surface area contributed by atoms with Gasteiger partial charge in [0, 0.05) is 29.7 Å². The van der Waals surface area contributed by atoms with Gasteiger partial charge in [-0.3, -0.25) is 9.59 Å². The van der Waals surface area contributed by atoms with Crippen LogP contribution in [-0.4, -0.2) is 34.8 Å². The predicted octanol–water partition coefficient (Wildman–Crippen LogP) is 3.01. The van der Waals surface area contributed by atoms with Crippen LogP contribution >= 0.6 is 11.6 Å². The highest BCUT2D eigenvalue weighted by Gasteiger charge is 2.26. The average Bonchev–Trinajstić information content (AvgIpc) is 2.90. The number of nitrogens with zero attached hydrogens (tertiary/aromatic N) is 1. The molecule has 1 aromatic heterocycles. The number of carbonyl (C=O) groups excluding carboxylic acids is 2. The molecule has 134 valence electrons. The molecule has 1 aromatic carbocycles. The summed E-state index contributed by atoms with van der Waals surface area (Å²) in [5.74, 6) is 3.43. The van der Waals surface area contributed by atoms with Gasteiger partial charge >= 0.3 is 0 Å². The lowest BCUT2D eigenvalue weighted by Crippen LogP contribution is -2.34. The summed E-state index contributed by atoms with van der Waals surface area (Å²) in [5.41, 5.74) is 7.33. The number of aromatic amines is 1. The van der Waals surface area contributed by atoms with E-state index in [-0.39, 0.29) is 23.6 Å². The maximum atomic E-state index is 14.9. The van der Waals surface area contributed by atoms with E-state index in [9.17, 15) is 14.0 Å². The van der Waals surface area contributed by atoms with Crippen LogP contribution in [0.1, 0.15) is 35.0 Å². The van der Waals surface area contributed by atoms with Crippen LogP contribution in [0.25, 0.3) is 16.5 Å². The standard InChI is InChI=1S/C19H17ClFN3O2/c1-3-5-14(25)24-7-4-6-11(9-24)15-13(21)8-12(19(22)26)18-16(15)17(20)10(2)23-18/h6,8,23H,4,7,9H2,1-2H3,(H2,22,26). The molecule has 0 fully saturated rings. The van der Waals surface area contributed by atoms with Gasteiger partial charge in [0.15, 0.2) is 0 Å². The molecule has 0 unspecified atom stereocenters. The van der Waals surface area contributed by atoms with E-state index in [4.69, 9.17) is 17.3 Å². The van der Waals surface area contributed by atoms with Crippen LogP contribution in [0, 0.1) is 24.6 Å². The summed E-state index contributed by atoms with van der Waals surface area (Å²) in [4.78, 5) is 28.3. The summed E-state index contributed by atoms with van der Waals surface area (Å²) in [6.07, 6.45) is 2.45. The SMILES string of the molecule is CC#CC(=O)N1CCC=C(c2c(F)cc(C(N)=O)c3[nH]c(C)c(Cl)c23)C1. The van der Waals surface area contributed by atoms with Crippen molar-refractivity contribution in [1.82, 2.24) is 9.88 Å². The minimum Gasteiger partial charge on any atom is -0.366 e. The van der Waals surface area contributed by atoms with E-state index < -0.39 is 11.7 Å². The normalized spacial score (nSPS) is 14.0. The van der Waals surface area contributed by atoms with E-state index in [2.05, 4.69) is 16.8 Å². The van der Waals surface area contributed by atoms with Crippen molar-refractivity contribution >= 4 is 39.9 Å². The molecule has 3 rings (SSSR count). The highest BCUT2D eigenvalue weighted by Crippen LogP contribution is 2.38. The van der Waals surface area contributed by atoms with Crippen LogP contribution in [-0.2, 0) is 4.79 Å². The number of hydrogen-bond donors (Lipinski definition) is 2. The van der Waals surface area contributed by atoms with E-state index in [1.165, 1.54) is 0 Å². The summed E-state index contributed by atoms with van der Waals surface area (Å²) >= 11 is 6.38. The van der Waals surface area contributed by atoms with Crippen LogP contribution in [0.3, 0.4) is 0 Å². The summed E-state index contributed by atoms with van der Waals surface area (Å²) in [7, 11) is 0. The topological polar surface area (TPSA) is 79.2 Å². The maximum Gasteiger partial charge on any atom is 0.298 e. The quantitative estimate of drug-likeness (QED) is 0.793. The van der Waals surface area contributed by atoms with Crippen molar-refractivity contribution in [3.8, 4) is 11.8 Å². The Bertz CT molecular complexity index is 1030. The van der Waals surface area contributed by atoms with Gasteiger partial charge in [0.05, 0.1) is 16.1 Å². The highest BCUT2D eigenvalue weighted by molar-refractivity contribution is 6.37. The van der Waals surface area contributed by atoms with Crippen molar-refractivity contribution in [2.24, 2.45) is 5.73 Å². The van der Waals surface area contributed by atoms with E-state index in [1.807, 2.05) is 6.08 Å². The fourth-order valence-corrected chi connectivity index (χ4v) is 3.46. The molecule has 0 saturated heterocycles. The number of primary amides is 1. The number of benzene rings is 1. The van der Waals surface area contributed by atoms with Crippen LogP contribution < -0.4 is 5.73 Å². The van der Waals surface area contributed by atoms with Crippen molar-refractivity contribution < 1.29 is 14.0 Å². The molecule has 0 aliphatic carbocycles. The Kier molecular flexibility index (Phi) is 4.75. The Morgan fingerprint density at radius 3 is 2.81 bits per heavy atom. The fraction of sp³-hybridized carbons (Fsp3) is 0.263. The van der Waals surface area contributed by atoms with Crippen molar-refractivity contribution in [3.05, 3.63) is 39.8 Å². The molecule has 2 heterocycles. The summed E-state index contributed by atoms with van der Waals surface area (Å²) in [5, 5.41) is 0.731. The first-order valence-electron chi connectivity index (χ1n) is 8.06. The summed E-state index contributed by atoms with van der Waals surface area (Å²) in [6.45, 7) is 4.06. The molecular weight excluding hydrogens is 357 g/mol. The zero-order chi connectivity index (χ0) is 19.0. The summed E-state index contributed by atoms with van der Waals surface area (Å²) in [6, 6.07) is 1.11. The van der Waals surface area contributed by atoms with Gasteiger partial charge < -0.3 is 15.6 Å². The Morgan fingerprint density at radius 1 is 1.42 bits per heavy atom. The Morgan fingerprint density at radius 2 is 2.15 bits per heavy atom. The van der Waals surface area contributed by atoms with E-state index >= 15 is 0 Å². The number of nitrogens with one attached hydrogen (secondary N) is 1. The highest BCUT2D eigenvalue weighted by atomic mass is 35.5. The molecule has 26 heavy (non-hydrogen) atoms. The van der Waals surface area contributed by atoms with Crippen molar-refractivity contribution in [3.63, 3.8) is 0 Å². The molecule has 0 saturated carbocycles. The largest absolute Gasteiger partial charge is 0.366 e. The Balaban J connectivity index is 2.19. The molecular formula is C19H17ClFN3O2. The first kappa shape index (κ1) is 18.0. The predicted molar refractivity (Wildman–Crippen MR) is 99.1 cm³/mol. The molecule has 0 radical (unpaired) electrons. The smallest absolute Gasteiger partial charge is 0.298 e. The van der Waals surface area contributed by atoms with Gasteiger partial charge in [-0.15, -0.1) is 0 Å². The fourth-order valence-electron chi connectivity index (χ4n) is 3.22. The first-order chi connectivity index (χ1) is 12.3. The number of fused-ring (bicyclic) bond motifs is 1. The van der Waals surface area contributed by atoms with Crippen molar-refractivity contribution in [1.29, 1.82) is 0 Å². The Labute approximate surface area is 155 Å². The van der Waals surface area contributed by atoms with Gasteiger partial charge in [-0.1, -0.05) is 23.6 Å². The first-order valence-corrected chi connectivity index (χ1v) is 8.44. The number of nitrogens with two attached hydrogens (primary N) is 1. The lowest BCUT2D eigenvalue weighted by atomic mass is 9.95. The van der Waals surface area contributed by atoms with Crippen molar-refractivity contribution in [2.45, 2.75) is 20.3 Å². The number of carbonyl (C=O) groups is 2. The number of aromatic nitrogens is 1. The Hall–Kier alpha value is -2.78. The number of amides is 2. The van der Waals surface area contributed by atoms with Crippen LogP contribution in [0.2, 0.25) is 5.02 Å². The van der Waals surface area contributed by atoms with Gasteiger partial charge in [-0.05, 0) is 37.8 Å². The molecule has 0 spiro atoms. The minimum atomic E-state index is -0.744. The zero-order valence-corrected chi connectivity index (χ0v) is 15.1. The molecule has 2 amide bonds. The average molecular weight is 374 g/mol. The third-order valence-electron chi connectivity index (χ3n) is 4.40. The van der Waals surface area contributed by atoms with E-state index in [0.29, 0.717) is 40.2 Å². The van der Waals surface area contributed by atoms with Crippen LogP contribution in [0.5, 0.6) is 0 Å². The lowest BCUT2D eigenvalue weighted by Gasteiger charge is -2.26. The number of aryl methyl sites for hydroxylation is 1. The minimum absolute atomic E-state index is 0.0393. The second-order valence-electron chi connectivity index (χ2n) is 6.08. The summed E-state index contributed by atoms with van der Waals surface area (Å²) < 4.78 is 14.9. The number of hydrogen-bond acceptors (Lipinski definition) is 2. The molecule has 2 aromatic rings. The molecule has 1 aliphatic rings. The number of halogens is 2. The van der Waals surface area contributed by atoms with Gasteiger partial charge in [0.2, 0.25) is 0 Å². The number of rotatable bonds is 2. The molecule has 3 N–H and O–H groups in total. The van der Waals surface area contributed by atoms with Gasteiger partial charge in [-0.25, -0.2) is 4.39 Å². The molecule has 7 heteroatoms. The third-order valence-corrected chi connectivity index (χ3v) is 4.87.